The number of carboxylic acids is 1. The van der Waals surface area contributed by atoms with E-state index in [1.807, 2.05) is 0 Å². The summed E-state index contributed by atoms with van der Waals surface area (Å²) in [6, 6.07) is 7.46. The summed E-state index contributed by atoms with van der Waals surface area (Å²) in [5.74, 6) is -3.37. The largest absolute Gasteiger partial charge is 0.614 e. The van der Waals surface area contributed by atoms with Crippen molar-refractivity contribution < 1.29 is 33.9 Å². The zero-order valence-electron chi connectivity index (χ0n) is 12.7. The molecule has 2 aliphatic rings. The van der Waals surface area contributed by atoms with Gasteiger partial charge in [0.2, 0.25) is 5.37 Å². The van der Waals surface area contributed by atoms with Crippen LogP contribution >= 0.6 is 0 Å². The molecule has 3 rings (SSSR count). The Bertz CT molecular complexity index is 752. The third-order valence-corrected chi connectivity index (χ3v) is 5.32. The van der Waals surface area contributed by atoms with Crippen LogP contribution in [0.5, 0.6) is 5.75 Å². The van der Waals surface area contributed by atoms with E-state index in [2.05, 4.69) is 5.32 Å². The Labute approximate surface area is 145 Å². The number of nitrogens with zero attached hydrogens (tertiary/aromatic N) is 1. The maximum Gasteiger partial charge on any atom is 0.356 e. The van der Waals surface area contributed by atoms with E-state index in [-0.39, 0.29) is 12.4 Å². The molecule has 3 N–H and O–H groups in total. The van der Waals surface area contributed by atoms with Crippen molar-refractivity contribution in [1.29, 1.82) is 0 Å². The van der Waals surface area contributed by atoms with Gasteiger partial charge in [0.1, 0.15) is 5.75 Å². The molecule has 0 radical (unpaired) electrons. The molecule has 1 aromatic carbocycles. The summed E-state index contributed by atoms with van der Waals surface area (Å²) in [7, 11) is 0. The van der Waals surface area contributed by atoms with E-state index in [4.69, 9.17) is 9.84 Å². The van der Waals surface area contributed by atoms with Gasteiger partial charge in [0.15, 0.2) is 29.9 Å². The molecule has 0 spiro atoms. The molecule has 9 nitrogen and oxygen atoms in total. The van der Waals surface area contributed by atoms with Crippen molar-refractivity contribution in [3.63, 3.8) is 0 Å². The lowest BCUT2D eigenvalue weighted by atomic mass is 10.0. The lowest BCUT2D eigenvalue weighted by molar-refractivity contribution is -0.151. The molecule has 0 bridgehead atoms. The number of amides is 2. The Hall–Kier alpha value is -2.72. The van der Waals surface area contributed by atoms with Gasteiger partial charge in [-0.05, 0) is 23.3 Å². The number of aliphatic hydroxyl groups excluding tert-OH is 1. The first-order valence-electron chi connectivity index (χ1n) is 7.23. The summed E-state index contributed by atoms with van der Waals surface area (Å²) < 4.78 is 17.4. The number of fused-ring (bicyclic) bond motifs is 1. The van der Waals surface area contributed by atoms with Crippen molar-refractivity contribution in [3.05, 3.63) is 41.8 Å². The van der Waals surface area contributed by atoms with Crippen LogP contribution in [0.25, 0.3) is 0 Å². The molecule has 10 heteroatoms. The molecule has 1 saturated heterocycles. The minimum Gasteiger partial charge on any atom is -0.614 e. The predicted octanol–water partition coefficient (Wildman–Crippen LogP) is -0.665. The van der Waals surface area contributed by atoms with Gasteiger partial charge in [0.25, 0.3) is 11.8 Å². The molecule has 132 valence electrons. The van der Waals surface area contributed by atoms with E-state index >= 15 is 0 Å². The molecule has 1 aromatic rings. The number of para-hydroxylation sites is 1. The van der Waals surface area contributed by atoms with Gasteiger partial charge in [-0.15, -0.1) is 0 Å². The number of β-lactam (4-membered cyclic amide) rings is 1. The van der Waals surface area contributed by atoms with Gasteiger partial charge < -0.3 is 24.8 Å². The summed E-state index contributed by atoms with van der Waals surface area (Å²) in [6.07, 6.45) is 0. The topological polar surface area (TPSA) is 139 Å². The van der Waals surface area contributed by atoms with E-state index in [1.54, 1.807) is 30.3 Å². The average molecular weight is 366 g/mol. The quantitative estimate of drug-likeness (QED) is 0.464. The molecule has 2 heterocycles. The standard InChI is InChI=1S/C15H14N2O7S/c18-9-7-25(23)14-11(13(20)17(14)12(9)15(21)22)16-10(19)6-24-8-4-2-1-3-5-8/h1-5,11,14,18H,6-7H2,(H,16,19)(H,21,22)/t11?,14-,25?/m0/s1. The monoisotopic (exact) mass is 366 g/mol. The number of carbonyl (C=O) groups excluding carboxylic acids is 2. The molecule has 0 aromatic heterocycles. The van der Waals surface area contributed by atoms with Crippen LogP contribution in [0.15, 0.2) is 41.8 Å². The molecule has 2 aliphatic heterocycles. The van der Waals surface area contributed by atoms with Gasteiger partial charge in [-0.25, -0.2) is 4.79 Å². The highest BCUT2D eigenvalue weighted by atomic mass is 32.2. The van der Waals surface area contributed by atoms with Crippen LogP contribution in [-0.4, -0.2) is 61.2 Å². The van der Waals surface area contributed by atoms with E-state index in [1.165, 1.54) is 0 Å². The minimum absolute atomic E-state index is 0.347. The summed E-state index contributed by atoms with van der Waals surface area (Å²) >= 11 is -1.72. The second-order valence-electron chi connectivity index (χ2n) is 5.37. The van der Waals surface area contributed by atoms with Crippen molar-refractivity contribution >= 4 is 29.0 Å². The highest BCUT2D eigenvalue weighted by Gasteiger charge is 2.61. The van der Waals surface area contributed by atoms with Gasteiger partial charge in [-0.1, -0.05) is 18.2 Å². The Morgan fingerprint density at radius 2 is 2.04 bits per heavy atom. The van der Waals surface area contributed by atoms with Crippen LogP contribution in [0.4, 0.5) is 0 Å². The molecule has 2 unspecified atom stereocenters. The lowest BCUT2D eigenvalue weighted by Crippen LogP contribution is -2.75. The fraction of sp³-hybridized carbons (Fsp3) is 0.267. The smallest absolute Gasteiger partial charge is 0.356 e. The molecular formula is C15H14N2O7S. The highest BCUT2D eigenvalue weighted by Crippen LogP contribution is 2.35. The molecule has 0 aliphatic carbocycles. The molecule has 25 heavy (non-hydrogen) atoms. The minimum atomic E-state index is -1.72. The molecule has 0 saturated carbocycles. The summed E-state index contributed by atoms with van der Waals surface area (Å²) in [5.41, 5.74) is -0.597. The number of rotatable bonds is 5. The first kappa shape index (κ1) is 17.1. The van der Waals surface area contributed by atoms with Crippen LogP contribution in [0.3, 0.4) is 0 Å². The van der Waals surface area contributed by atoms with Crippen LogP contribution in [-0.2, 0) is 25.6 Å². The van der Waals surface area contributed by atoms with Gasteiger partial charge in [0, 0.05) is 0 Å². The fourth-order valence-corrected chi connectivity index (χ4v) is 4.15. The van der Waals surface area contributed by atoms with Crippen LogP contribution in [0, 0.1) is 0 Å². The van der Waals surface area contributed by atoms with Crippen molar-refractivity contribution in [2.24, 2.45) is 0 Å². The zero-order chi connectivity index (χ0) is 18.1. The molecule has 1 fully saturated rings. The van der Waals surface area contributed by atoms with E-state index in [9.17, 15) is 24.0 Å². The van der Waals surface area contributed by atoms with E-state index in [0.29, 0.717) is 5.75 Å². The summed E-state index contributed by atoms with van der Waals surface area (Å²) in [4.78, 5) is 36.0. The zero-order valence-corrected chi connectivity index (χ0v) is 13.6. The molecule has 3 atom stereocenters. The Balaban J connectivity index is 1.64. The second kappa shape index (κ2) is 6.65. The second-order valence-corrected chi connectivity index (χ2v) is 6.90. The molecule has 2 amide bonds. The number of aliphatic carboxylic acids is 1. The van der Waals surface area contributed by atoms with Crippen LogP contribution in [0.2, 0.25) is 0 Å². The van der Waals surface area contributed by atoms with E-state index in [0.717, 1.165) is 4.90 Å². The Kier molecular flexibility index (Phi) is 4.55. The maximum absolute atomic E-state index is 12.1. The van der Waals surface area contributed by atoms with Crippen LogP contribution < -0.4 is 10.1 Å². The predicted molar refractivity (Wildman–Crippen MR) is 84.8 cm³/mol. The van der Waals surface area contributed by atoms with E-state index < -0.39 is 51.8 Å². The van der Waals surface area contributed by atoms with Crippen molar-refractivity contribution in [2.75, 3.05) is 12.4 Å². The maximum atomic E-state index is 12.1. The van der Waals surface area contributed by atoms with Crippen molar-refractivity contribution in [2.45, 2.75) is 11.4 Å². The van der Waals surface area contributed by atoms with Gasteiger partial charge in [-0.2, -0.15) is 0 Å². The summed E-state index contributed by atoms with van der Waals surface area (Å²) in [6.45, 7) is -0.347. The number of nitrogens with one attached hydrogen (secondary N) is 1. The fourth-order valence-electron chi connectivity index (χ4n) is 2.64. The summed E-state index contributed by atoms with van der Waals surface area (Å²) in [5, 5.41) is 20.1. The van der Waals surface area contributed by atoms with Crippen molar-refractivity contribution in [1.82, 2.24) is 10.2 Å². The highest BCUT2D eigenvalue weighted by molar-refractivity contribution is 7.92. The first-order valence-corrected chi connectivity index (χ1v) is 8.61. The first-order chi connectivity index (χ1) is 11.9. The van der Waals surface area contributed by atoms with Crippen LogP contribution in [0.1, 0.15) is 0 Å². The number of carbonyl (C=O) groups is 3. The number of hydrogen-bond acceptors (Lipinski definition) is 6. The number of hydrogen-bond donors (Lipinski definition) is 3. The Morgan fingerprint density at radius 3 is 2.68 bits per heavy atom. The third kappa shape index (κ3) is 3.13. The normalized spacial score (nSPS) is 25.1. The number of carboxylic acid groups (broad SMARTS) is 1. The molecular weight excluding hydrogens is 352 g/mol. The van der Waals surface area contributed by atoms with Gasteiger partial charge in [-0.3, -0.25) is 14.5 Å². The van der Waals surface area contributed by atoms with Gasteiger partial charge in [0.05, 0.1) is 0 Å². The Morgan fingerprint density at radius 1 is 1.36 bits per heavy atom. The number of aliphatic hydroxyl groups is 1. The SMILES string of the molecule is O=C(COc1ccccc1)NC1C(=O)N2C(C(=O)O)=C(O)C[S+]([O-])[C@@H]12. The number of ether oxygens (including phenoxy) is 1. The number of benzene rings is 1. The van der Waals surface area contributed by atoms with Gasteiger partial charge >= 0.3 is 5.97 Å². The average Bonchev–Trinajstić information content (AvgIpc) is 2.58. The van der Waals surface area contributed by atoms with Crippen molar-refractivity contribution in [3.8, 4) is 5.75 Å². The lowest BCUT2D eigenvalue weighted by Gasteiger charge is -2.48. The third-order valence-electron chi connectivity index (χ3n) is 3.74.